The maximum Gasteiger partial charge on any atom is 0.119 e. The van der Waals surface area contributed by atoms with E-state index in [0.29, 0.717) is 0 Å². The average molecular weight is 472 g/mol. The Morgan fingerprint density at radius 1 is 0.960 bits per heavy atom. The molecule has 0 aliphatic carbocycles. The van der Waals surface area contributed by atoms with Gasteiger partial charge in [-0.2, -0.15) is 0 Å². The summed E-state index contributed by atoms with van der Waals surface area (Å²) in [5, 5.41) is 0. The lowest BCUT2D eigenvalue weighted by Gasteiger charge is -2.34. The van der Waals surface area contributed by atoms with Gasteiger partial charge >= 0.3 is 0 Å². The number of rotatable bonds is 6. The normalized spacial score (nSPS) is 15.6. The van der Waals surface area contributed by atoms with E-state index in [4.69, 9.17) is 4.74 Å². The molecule has 1 saturated heterocycles. The lowest BCUT2D eigenvalue weighted by molar-refractivity contribution is -0.00000533. The van der Waals surface area contributed by atoms with E-state index in [2.05, 4.69) is 87.8 Å². The van der Waals surface area contributed by atoms with Crippen molar-refractivity contribution < 1.29 is 17.1 Å². The average Bonchev–Trinajstić information content (AvgIpc) is 2.60. The molecule has 0 unspecified atom stereocenters. The summed E-state index contributed by atoms with van der Waals surface area (Å²) in [7, 11) is 0. The van der Waals surface area contributed by atoms with Crippen LogP contribution in [0.4, 0.5) is 0 Å². The first kappa shape index (κ1) is 20.5. The Kier molecular flexibility index (Phi) is 8.49. The largest absolute Gasteiger partial charge is 1.00 e. The van der Waals surface area contributed by atoms with Crippen LogP contribution in [0.2, 0.25) is 0 Å². The molecule has 3 rings (SSSR count). The zero-order chi connectivity index (χ0) is 16.8. The van der Waals surface area contributed by atoms with Gasteiger partial charge in [0.15, 0.2) is 0 Å². The second-order valence-electron chi connectivity index (χ2n) is 6.36. The van der Waals surface area contributed by atoms with Gasteiger partial charge in [-0.1, -0.05) is 30.3 Å². The van der Waals surface area contributed by atoms with Crippen LogP contribution in [0.25, 0.3) is 0 Å². The third-order valence-corrected chi connectivity index (χ3v) is 5.73. The Morgan fingerprint density at radius 2 is 1.64 bits per heavy atom. The highest BCUT2D eigenvalue weighted by Gasteiger charge is 2.16. The Bertz CT molecular complexity index is 645. The van der Waals surface area contributed by atoms with Gasteiger partial charge in [0.2, 0.25) is 0 Å². The van der Waals surface area contributed by atoms with E-state index in [9.17, 15) is 0 Å². The van der Waals surface area contributed by atoms with Crippen molar-refractivity contribution in [2.24, 2.45) is 0 Å². The summed E-state index contributed by atoms with van der Waals surface area (Å²) in [5.74, 6) is 0.982. The first-order valence-corrected chi connectivity index (χ1v) is 9.66. The molecular formula is C20H25ClIN2O-. The molecule has 2 aromatic carbocycles. The van der Waals surface area contributed by atoms with Gasteiger partial charge in [0.05, 0.1) is 0 Å². The second-order valence-corrected chi connectivity index (χ2v) is 7.53. The highest BCUT2D eigenvalue weighted by Crippen LogP contribution is 2.18. The molecule has 5 heteroatoms. The quantitative estimate of drug-likeness (QED) is 0.580. The zero-order valence-electron chi connectivity index (χ0n) is 14.6. The number of aryl methyl sites for hydroxylation is 1. The number of halogens is 2. The van der Waals surface area contributed by atoms with Gasteiger partial charge in [-0.3, -0.25) is 9.80 Å². The van der Waals surface area contributed by atoms with Crippen LogP contribution in [-0.2, 0) is 6.54 Å². The monoisotopic (exact) mass is 471 g/mol. The van der Waals surface area contributed by atoms with Crippen molar-refractivity contribution in [2.75, 3.05) is 39.3 Å². The van der Waals surface area contributed by atoms with Crippen molar-refractivity contribution in [3.8, 4) is 5.75 Å². The third kappa shape index (κ3) is 6.44. The fourth-order valence-electron chi connectivity index (χ4n) is 3.01. The van der Waals surface area contributed by atoms with Crippen molar-refractivity contribution in [3.05, 3.63) is 63.2 Å². The molecule has 0 spiro atoms. The van der Waals surface area contributed by atoms with E-state index in [1.54, 1.807) is 0 Å². The zero-order valence-corrected chi connectivity index (χ0v) is 17.5. The number of hydrogen-bond donors (Lipinski definition) is 0. The van der Waals surface area contributed by atoms with E-state index >= 15 is 0 Å². The van der Waals surface area contributed by atoms with Crippen molar-refractivity contribution in [2.45, 2.75) is 13.5 Å². The fraction of sp³-hybridized carbons (Fsp3) is 0.400. The van der Waals surface area contributed by atoms with Crippen molar-refractivity contribution in [1.82, 2.24) is 9.80 Å². The summed E-state index contributed by atoms with van der Waals surface area (Å²) in [6.45, 7) is 9.48. The van der Waals surface area contributed by atoms with Crippen LogP contribution in [0.3, 0.4) is 0 Å². The van der Waals surface area contributed by atoms with E-state index in [1.165, 1.54) is 14.7 Å². The minimum atomic E-state index is 0. The molecule has 0 N–H and O–H groups in total. The van der Waals surface area contributed by atoms with Crippen LogP contribution < -0.4 is 17.1 Å². The lowest BCUT2D eigenvalue weighted by atomic mass is 10.2. The summed E-state index contributed by atoms with van der Waals surface area (Å²) >= 11 is 2.36. The molecule has 0 aromatic heterocycles. The maximum atomic E-state index is 5.91. The predicted octanol–water partition coefficient (Wildman–Crippen LogP) is 0.800. The van der Waals surface area contributed by atoms with Gasteiger partial charge in [0.1, 0.15) is 12.4 Å². The molecule has 0 amide bonds. The van der Waals surface area contributed by atoms with E-state index in [0.717, 1.165) is 51.6 Å². The minimum absolute atomic E-state index is 0. The summed E-state index contributed by atoms with van der Waals surface area (Å²) < 4.78 is 7.20. The molecule has 2 aromatic rings. The highest BCUT2D eigenvalue weighted by molar-refractivity contribution is 14.1. The molecule has 3 nitrogen and oxygen atoms in total. The van der Waals surface area contributed by atoms with Crippen LogP contribution in [0.15, 0.2) is 48.5 Å². The van der Waals surface area contributed by atoms with Gasteiger partial charge in [0.25, 0.3) is 0 Å². The minimum Gasteiger partial charge on any atom is -1.00 e. The van der Waals surface area contributed by atoms with Crippen LogP contribution >= 0.6 is 22.6 Å². The Labute approximate surface area is 170 Å². The first-order valence-electron chi connectivity index (χ1n) is 8.58. The Balaban J connectivity index is 0.00000225. The van der Waals surface area contributed by atoms with Gasteiger partial charge in [-0.25, -0.2) is 0 Å². The molecule has 1 aliphatic rings. The summed E-state index contributed by atoms with van der Waals surface area (Å²) in [6.07, 6.45) is 0. The molecule has 136 valence electrons. The molecule has 0 bridgehead atoms. The number of hydrogen-bond acceptors (Lipinski definition) is 3. The molecule has 25 heavy (non-hydrogen) atoms. The molecule has 0 radical (unpaired) electrons. The SMILES string of the molecule is Cc1cc(OCCN2CCN(Cc3ccccc3)CC2)ccc1I.[Cl-]. The maximum absolute atomic E-state index is 5.91. The Morgan fingerprint density at radius 3 is 2.32 bits per heavy atom. The van der Waals surface area contributed by atoms with Crippen LogP contribution in [0.1, 0.15) is 11.1 Å². The third-order valence-electron chi connectivity index (χ3n) is 4.52. The molecule has 1 heterocycles. The van der Waals surface area contributed by atoms with Crippen molar-refractivity contribution in [3.63, 3.8) is 0 Å². The van der Waals surface area contributed by atoms with Gasteiger partial charge in [0, 0.05) is 42.8 Å². The van der Waals surface area contributed by atoms with Crippen LogP contribution in [-0.4, -0.2) is 49.1 Å². The lowest BCUT2D eigenvalue weighted by Crippen LogP contribution is -3.00. The smallest absolute Gasteiger partial charge is 0.119 e. The second kappa shape index (κ2) is 10.4. The number of nitrogens with zero attached hydrogens (tertiary/aromatic N) is 2. The summed E-state index contributed by atoms with van der Waals surface area (Å²) in [6, 6.07) is 17.0. The Hall–Kier alpha value is -0.820. The van der Waals surface area contributed by atoms with Gasteiger partial charge in [-0.15, -0.1) is 0 Å². The van der Waals surface area contributed by atoms with Gasteiger partial charge in [-0.05, 0) is 58.8 Å². The highest BCUT2D eigenvalue weighted by atomic mass is 127. The molecule has 1 aliphatic heterocycles. The van der Waals surface area contributed by atoms with Gasteiger partial charge < -0.3 is 17.1 Å². The standard InChI is InChI=1S/C20H25IN2O.ClH/c1-17-15-19(7-8-20(17)21)24-14-13-22-9-11-23(12-10-22)16-18-5-3-2-4-6-18;/h2-8,15H,9-14,16H2,1H3;1H/p-1. The molecule has 0 saturated carbocycles. The number of piperazine rings is 1. The van der Waals surface area contributed by atoms with Crippen LogP contribution in [0.5, 0.6) is 5.75 Å². The number of benzene rings is 2. The number of ether oxygens (including phenoxy) is 1. The molecular weight excluding hydrogens is 447 g/mol. The van der Waals surface area contributed by atoms with E-state index in [1.807, 2.05) is 0 Å². The topological polar surface area (TPSA) is 15.7 Å². The summed E-state index contributed by atoms with van der Waals surface area (Å²) in [5.41, 5.74) is 2.69. The van der Waals surface area contributed by atoms with Crippen molar-refractivity contribution >= 4 is 22.6 Å². The van der Waals surface area contributed by atoms with Crippen molar-refractivity contribution in [1.29, 1.82) is 0 Å². The fourth-order valence-corrected chi connectivity index (χ4v) is 3.35. The van der Waals surface area contributed by atoms with E-state index < -0.39 is 0 Å². The first-order chi connectivity index (χ1) is 11.7. The van der Waals surface area contributed by atoms with Crippen LogP contribution in [0, 0.1) is 10.5 Å². The predicted molar refractivity (Wildman–Crippen MR) is 108 cm³/mol. The summed E-state index contributed by atoms with van der Waals surface area (Å²) in [4.78, 5) is 5.04. The van der Waals surface area contributed by atoms with E-state index in [-0.39, 0.29) is 12.4 Å². The molecule has 1 fully saturated rings. The molecule has 0 atom stereocenters.